The fourth-order valence-corrected chi connectivity index (χ4v) is 2.12. The number of ether oxygens (including phenoxy) is 1. The number of aliphatic hydroxyl groups is 3. The Kier molecular flexibility index (Phi) is 5.42. The highest BCUT2D eigenvalue weighted by Gasteiger charge is 2.45. The lowest BCUT2D eigenvalue weighted by Crippen LogP contribution is -2.64. The van der Waals surface area contributed by atoms with Crippen LogP contribution in [0, 0.1) is 0 Å². The summed E-state index contributed by atoms with van der Waals surface area (Å²) < 4.78 is 19.5. The third-order valence-corrected chi connectivity index (χ3v) is 2.95. The Bertz CT molecular complexity index is 371. The number of carbonyl (C=O) groups is 1. The third kappa shape index (κ3) is 4.48. The lowest BCUT2D eigenvalue weighted by molar-refractivity contribution is -0.362. The average Bonchev–Trinajstić information content (AvgIpc) is 2.26. The Morgan fingerprint density at radius 1 is 1.42 bits per heavy atom. The van der Waals surface area contributed by atoms with Crippen LogP contribution < -0.4 is 15.1 Å². The lowest BCUT2D eigenvalue weighted by atomic mass is 9.97. The molecule has 4 N–H and O–H groups in total. The van der Waals surface area contributed by atoms with E-state index in [1.54, 1.807) is 0 Å². The predicted molar refractivity (Wildman–Crippen MR) is 54.1 cm³/mol. The minimum Gasteiger partial charge on any atom is -0.790 e. The van der Waals surface area contributed by atoms with Gasteiger partial charge in [-0.1, -0.05) is 0 Å². The highest BCUT2D eigenvalue weighted by atomic mass is 31.2. The summed E-state index contributed by atoms with van der Waals surface area (Å²) in [4.78, 5) is 32.1. The van der Waals surface area contributed by atoms with E-state index in [4.69, 9.17) is 9.84 Å². The Morgan fingerprint density at radius 3 is 2.42 bits per heavy atom. The average molecular weight is 299 g/mol. The van der Waals surface area contributed by atoms with Crippen LogP contribution in [0.15, 0.2) is 0 Å². The van der Waals surface area contributed by atoms with Gasteiger partial charge in [0.2, 0.25) is 5.91 Å². The molecule has 1 saturated heterocycles. The smallest absolute Gasteiger partial charge is 0.217 e. The van der Waals surface area contributed by atoms with E-state index in [0.717, 1.165) is 6.92 Å². The van der Waals surface area contributed by atoms with Crippen molar-refractivity contribution in [2.24, 2.45) is 0 Å². The van der Waals surface area contributed by atoms with Crippen molar-refractivity contribution in [2.75, 3.05) is 6.61 Å². The molecular weight excluding hydrogens is 285 g/mol. The van der Waals surface area contributed by atoms with E-state index in [9.17, 15) is 29.4 Å². The monoisotopic (exact) mass is 299 g/mol. The molecule has 0 saturated carbocycles. The standard InChI is InChI=1S/C8H16NO9P/c1-3(11)9-5-7(13)6(12)4(2-10)17-8(5)18-19(14,15)16/h4-8,10,12-13H,2H2,1H3,(H,9,11)(H2,14,15,16)/p-2/t4-,5?,6?,7?,8?/m1/s1. The first-order chi connectivity index (χ1) is 8.65. The maximum Gasteiger partial charge on any atom is 0.217 e. The summed E-state index contributed by atoms with van der Waals surface area (Å²) in [6, 6.07) is -1.47. The fraction of sp³-hybridized carbons (Fsp3) is 0.875. The Hall–Kier alpha value is -0.580. The van der Waals surface area contributed by atoms with Crippen molar-refractivity contribution in [1.29, 1.82) is 0 Å². The lowest BCUT2D eigenvalue weighted by Gasteiger charge is -2.45. The second-order valence-electron chi connectivity index (χ2n) is 3.99. The van der Waals surface area contributed by atoms with Gasteiger partial charge in [0.15, 0.2) is 6.29 Å². The summed E-state index contributed by atoms with van der Waals surface area (Å²) in [7, 11) is -5.45. The van der Waals surface area contributed by atoms with E-state index < -0.39 is 51.0 Å². The number of aliphatic hydroxyl groups excluding tert-OH is 3. The Labute approximate surface area is 108 Å². The number of hydrogen-bond donors (Lipinski definition) is 4. The van der Waals surface area contributed by atoms with Crippen LogP contribution in [-0.2, 0) is 18.6 Å². The second-order valence-corrected chi connectivity index (χ2v) is 5.09. The number of carbonyl (C=O) groups excluding carboxylic acids is 1. The highest BCUT2D eigenvalue weighted by Crippen LogP contribution is 2.33. The van der Waals surface area contributed by atoms with Gasteiger partial charge < -0.3 is 44.2 Å². The van der Waals surface area contributed by atoms with Gasteiger partial charge in [-0.3, -0.25) is 4.79 Å². The summed E-state index contributed by atoms with van der Waals surface area (Å²) in [5.74, 6) is -0.664. The number of nitrogens with one attached hydrogen (secondary N) is 1. The molecule has 4 unspecified atom stereocenters. The maximum atomic E-state index is 10.9. The molecule has 112 valence electrons. The molecule has 0 aromatic heterocycles. The predicted octanol–water partition coefficient (Wildman–Crippen LogP) is -4.22. The molecule has 0 bridgehead atoms. The van der Waals surface area contributed by atoms with Crippen molar-refractivity contribution < 1.29 is 43.7 Å². The Morgan fingerprint density at radius 2 is 2.00 bits per heavy atom. The molecule has 1 amide bonds. The van der Waals surface area contributed by atoms with Crippen molar-refractivity contribution in [1.82, 2.24) is 5.32 Å². The summed E-state index contributed by atoms with van der Waals surface area (Å²) in [6.45, 7) is 0.329. The van der Waals surface area contributed by atoms with Gasteiger partial charge in [0.05, 0.1) is 14.4 Å². The van der Waals surface area contributed by atoms with Gasteiger partial charge in [-0.2, -0.15) is 0 Å². The third-order valence-electron chi connectivity index (χ3n) is 2.48. The van der Waals surface area contributed by atoms with E-state index in [1.165, 1.54) is 0 Å². The molecule has 19 heavy (non-hydrogen) atoms. The van der Waals surface area contributed by atoms with Gasteiger partial charge in [-0.15, -0.1) is 0 Å². The number of phosphoric ester groups is 1. The van der Waals surface area contributed by atoms with Crippen LogP contribution >= 0.6 is 7.82 Å². The van der Waals surface area contributed by atoms with Crippen LogP contribution in [0.4, 0.5) is 0 Å². The minimum atomic E-state index is -5.45. The summed E-state index contributed by atoms with van der Waals surface area (Å²) in [5, 5.41) is 30.3. The molecule has 1 fully saturated rings. The zero-order chi connectivity index (χ0) is 14.8. The topological polar surface area (TPSA) is 171 Å². The minimum absolute atomic E-state index is 0.664. The van der Waals surface area contributed by atoms with Crippen molar-refractivity contribution in [2.45, 2.75) is 37.6 Å². The first kappa shape index (κ1) is 16.5. The van der Waals surface area contributed by atoms with Crippen molar-refractivity contribution >= 4 is 13.7 Å². The zero-order valence-electron chi connectivity index (χ0n) is 9.83. The summed E-state index contributed by atoms with van der Waals surface area (Å²) in [5.41, 5.74) is 0. The molecule has 1 heterocycles. The molecule has 0 radical (unpaired) electrons. The molecule has 1 aliphatic heterocycles. The number of phosphoric acid groups is 1. The fourth-order valence-electron chi connectivity index (χ4n) is 1.69. The van der Waals surface area contributed by atoms with Gasteiger partial charge in [0, 0.05) is 6.92 Å². The second kappa shape index (κ2) is 6.25. The molecule has 0 aromatic carbocycles. The molecule has 5 atom stereocenters. The van der Waals surface area contributed by atoms with Gasteiger partial charge in [-0.25, -0.2) is 0 Å². The summed E-state index contributed by atoms with van der Waals surface area (Å²) >= 11 is 0. The zero-order valence-corrected chi connectivity index (χ0v) is 10.7. The van der Waals surface area contributed by atoms with E-state index in [0.29, 0.717) is 0 Å². The molecule has 0 aromatic rings. The molecule has 0 aliphatic carbocycles. The van der Waals surface area contributed by atoms with Gasteiger partial charge in [0.1, 0.15) is 24.4 Å². The van der Waals surface area contributed by atoms with Crippen molar-refractivity contribution in [3.05, 3.63) is 0 Å². The van der Waals surface area contributed by atoms with Crippen LogP contribution in [-0.4, -0.2) is 58.5 Å². The first-order valence-corrected chi connectivity index (χ1v) is 6.72. The van der Waals surface area contributed by atoms with Gasteiger partial charge in [-0.05, 0) is 0 Å². The quantitative estimate of drug-likeness (QED) is 0.375. The largest absolute Gasteiger partial charge is 0.790 e. The SMILES string of the molecule is CC(=O)NC1C(OP(=O)([O-])[O-])O[C@H](CO)C(O)C1O. The first-order valence-electron chi connectivity index (χ1n) is 5.25. The van der Waals surface area contributed by atoms with Gasteiger partial charge >= 0.3 is 0 Å². The maximum absolute atomic E-state index is 10.9. The Balaban J connectivity index is 2.92. The van der Waals surface area contributed by atoms with Crippen LogP contribution in [0.1, 0.15) is 6.92 Å². The van der Waals surface area contributed by atoms with E-state index in [1.807, 2.05) is 0 Å². The molecule has 0 spiro atoms. The molecule has 1 rings (SSSR count). The number of hydrogen-bond acceptors (Lipinski definition) is 9. The van der Waals surface area contributed by atoms with Crippen molar-refractivity contribution in [3.63, 3.8) is 0 Å². The molecule has 11 heteroatoms. The number of amides is 1. The van der Waals surface area contributed by atoms with Crippen LogP contribution in [0.5, 0.6) is 0 Å². The molecular formula is C8H14NO9P-2. The van der Waals surface area contributed by atoms with Gasteiger partial charge in [0.25, 0.3) is 0 Å². The molecule has 10 nitrogen and oxygen atoms in total. The summed E-state index contributed by atoms with van der Waals surface area (Å²) in [6.07, 6.45) is -6.44. The highest BCUT2D eigenvalue weighted by molar-refractivity contribution is 7.43. The van der Waals surface area contributed by atoms with Crippen molar-refractivity contribution in [3.8, 4) is 0 Å². The van der Waals surface area contributed by atoms with E-state index in [-0.39, 0.29) is 0 Å². The normalized spacial score (nSPS) is 36.0. The molecule has 1 aliphatic rings. The van der Waals surface area contributed by atoms with E-state index in [2.05, 4.69) is 9.84 Å². The van der Waals surface area contributed by atoms with Crippen LogP contribution in [0.2, 0.25) is 0 Å². The van der Waals surface area contributed by atoms with E-state index >= 15 is 0 Å². The van der Waals surface area contributed by atoms with Crippen LogP contribution in [0.25, 0.3) is 0 Å². The van der Waals surface area contributed by atoms with Crippen LogP contribution in [0.3, 0.4) is 0 Å². The number of rotatable bonds is 4.